The summed E-state index contributed by atoms with van der Waals surface area (Å²) in [4.78, 5) is 22.1. The molecule has 180 valence electrons. The molecule has 1 N–H and O–H groups in total. The van der Waals surface area contributed by atoms with Crippen molar-refractivity contribution < 1.29 is 9.53 Å². The monoisotopic (exact) mass is 488 g/mol. The zero-order chi connectivity index (χ0) is 24.8. The molecule has 2 aromatic heterocycles. The number of benzene rings is 2. The molecule has 4 rings (SSSR count). The normalized spacial score (nSPS) is 10.9. The molecule has 4 aromatic rings. The van der Waals surface area contributed by atoms with Gasteiger partial charge in [0.1, 0.15) is 5.75 Å². The van der Waals surface area contributed by atoms with Crippen molar-refractivity contribution in [3.63, 3.8) is 0 Å². The molecule has 2 aromatic carbocycles. The Morgan fingerprint density at radius 3 is 2.49 bits per heavy atom. The van der Waals surface area contributed by atoms with E-state index in [0.717, 1.165) is 34.0 Å². The summed E-state index contributed by atoms with van der Waals surface area (Å²) in [5.41, 5.74) is 5.87. The number of aromatic nitrogens is 5. The van der Waals surface area contributed by atoms with Crippen molar-refractivity contribution in [2.24, 2.45) is 0 Å². The number of methoxy groups -OCH3 is 1. The number of nitrogens with zero attached hydrogens (tertiary/aromatic N) is 5. The first kappa shape index (κ1) is 24.4. The van der Waals surface area contributed by atoms with Gasteiger partial charge in [0.2, 0.25) is 0 Å². The smallest absolute Gasteiger partial charge is 0.273 e. The summed E-state index contributed by atoms with van der Waals surface area (Å²) in [5.74, 6) is 0.980. The van der Waals surface area contributed by atoms with Crippen molar-refractivity contribution in [3.05, 3.63) is 88.5 Å². The van der Waals surface area contributed by atoms with Crippen LogP contribution in [0.15, 0.2) is 59.8 Å². The second-order valence-electron chi connectivity index (χ2n) is 8.21. The number of carbonyl (C=O) groups excluding carboxylic acids is 1. The number of rotatable bonds is 9. The molecular weight excluding hydrogens is 460 g/mol. The fourth-order valence-corrected chi connectivity index (χ4v) is 4.57. The van der Waals surface area contributed by atoms with Crippen molar-refractivity contribution >= 4 is 17.7 Å². The van der Waals surface area contributed by atoms with Gasteiger partial charge in [-0.15, -0.1) is 5.10 Å². The van der Waals surface area contributed by atoms with Crippen molar-refractivity contribution in [3.8, 4) is 11.4 Å². The van der Waals surface area contributed by atoms with Crippen LogP contribution in [-0.4, -0.2) is 44.5 Å². The summed E-state index contributed by atoms with van der Waals surface area (Å²) in [6, 6.07) is 17.7. The minimum atomic E-state index is -0.261. The molecule has 0 bridgehead atoms. The van der Waals surface area contributed by atoms with Crippen molar-refractivity contribution in [2.45, 2.75) is 38.1 Å². The van der Waals surface area contributed by atoms with E-state index in [1.807, 2.05) is 75.4 Å². The molecular formula is C26H28N6O2S. The molecule has 35 heavy (non-hydrogen) atoms. The van der Waals surface area contributed by atoms with Gasteiger partial charge < -0.3 is 10.1 Å². The van der Waals surface area contributed by atoms with E-state index in [0.29, 0.717) is 35.3 Å². The molecule has 0 saturated heterocycles. The standard InChI is InChI=1S/C26H28N6O2S/c1-17-8-10-21(11-9-17)32-23(16-35-26-28-18(2)14-19(3)29-26)24(30-31-32)25(33)27-13-12-20-6-5-7-22(15-20)34-4/h5-11,14-15H,12-13,16H2,1-4H3,(H,27,33). The van der Waals surface area contributed by atoms with Crippen molar-refractivity contribution in [1.29, 1.82) is 0 Å². The van der Waals surface area contributed by atoms with Gasteiger partial charge in [0, 0.05) is 23.7 Å². The van der Waals surface area contributed by atoms with Gasteiger partial charge in [-0.2, -0.15) is 0 Å². The van der Waals surface area contributed by atoms with Crippen LogP contribution in [0.1, 0.15) is 38.7 Å². The SMILES string of the molecule is COc1cccc(CCNC(=O)c2nnn(-c3ccc(C)cc3)c2CSc2nc(C)cc(C)n2)c1. The summed E-state index contributed by atoms with van der Waals surface area (Å²) in [7, 11) is 1.64. The largest absolute Gasteiger partial charge is 0.497 e. The Balaban J connectivity index is 1.54. The minimum absolute atomic E-state index is 0.261. The number of thioether (sulfide) groups is 1. The van der Waals surface area contributed by atoms with Crippen LogP contribution >= 0.6 is 11.8 Å². The van der Waals surface area contributed by atoms with Crippen LogP contribution in [0.5, 0.6) is 5.75 Å². The molecule has 0 radical (unpaired) electrons. The maximum absolute atomic E-state index is 13.1. The Labute approximate surface area is 209 Å². The highest BCUT2D eigenvalue weighted by molar-refractivity contribution is 7.98. The maximum atomic E-state index is 13.1. The molecule has 0 saturated carbocycles. The van der Waals surface area contributed by atoms with Gasteiger partial charge in [0.15, 0.2) is 10.9 Å². The quantitative estimate of drug-likeness (QED) is 0.278. The number of aryl methyl sites for hydroxylation is 3. The highest BCUT2D eigenvalue weighted by atomic mass is 32.2. The fraction of sp³-hybridized carbons (Fsp3) is 0.269. The molecule has 0 fully saturated rings. The van der Waals surface area contributed by atoms with Gasteiger partial charge in [-0.3, -0.25) is 4.79 Å². The Morgan fingerprint density at radius 1 is 1.03 bits per heavy atom. The third-order valence-corrected chi connectivity index (χ3v) is 6.25. The van der Waals surface area contributed by atoms with Crippen LogP contribution in [0.25, 0.3) is 5.69 Å². The molecule has 0 unspecified atom stereocenters. The van der Waals surface area contributed by atoms with Gasteiger partial charge in [-0.05, 0) is 63.1 Å². The van der Waals surface area contributed by atoms with E-state index >= 15 is 0 Å². The topological polar surface area (TPSA) is 94.8 Å². The van der Waals surface area contributed by atoms with E-state index in [1.54, 1.807) is 11.8 Å². The van der Waals surface area contributed by atoms with Crippen LogP contribution in [0.3, 0.4) is 0 Å². The molecule has 0 aliphatic carbocycles. The summed E-state index contributed by atoms with van der Waals surface area (Å²) in [5, 5.41) is 12.2. The zero-order valence-corrected chi connectivity index (χ0v) is 21.1. The van der Waals surface area contributed by atoms with Gasteiger partial charge in [-0.25, -0.2) is 14.6 Å². The fourth-order valence-electron chi connectivity index (χ4n) is 3.62. The van der Waals surface area contributed by atoms with Gasteiger partial charge in [0.05, 0.1) is 18.5 Å². The molecule has 9 heteroatoms. The molecule has 0 spiro atoms. The van der Waals surface area contributed by atoms with Crippen molar-refractivity contribution in [1.82, 2.24) is 30.3 Å². The number of hydrogen-bond acceptors (Lipinski definition) is 7. The summed E-state index contributed by atoms with van der Waals surface area (Å²) >= 11 is 1.46. The van der Waals surface area contributed by atoms with E-state index in [4.69, 9.17) is 4.74 Å². The predicted molar refractivity (Wildman–Crippen MR) is 136 cm³/mol. The van der Waals surface area contributed by atoms with Gasteiger partial charge >= 0.3 is 0 Å². The predicted octanol–water partition coefficient (Wildman–Crippen LogP) is 4.26. The lowest BCUT2D eigenvalue weighted by Crippen LogP contribution is -2.27. The van der Waals surface area contributed by atoms with Crippen LogP contribution in [0, 0.1) is 20.8 Å². The number of carbonyl (C=O) groups is 1. The van der Waals surface area contributed by atoms with Crippen LogP contribution < -0.4 is 10.1 Å². The van der Waals surface area contributed by atoms with E-state index in [1.165, 1.54) is 11.8 Å². The molecule has 2 heterocycles. The molecule has 8 nitrogen and oxygen atoms in total. The Hall–Kier alpha value is -3.72. The van der Waals surface area contributed by atoms with E-state index < -0.39 is 0 Å². The van der Waals surface area contributed by atoms with Crippen LogP contribution in [-0.2, 0) is 12.2 Å². The third kappa shape index (κ3) is 6.24. The first-order valence-corrected chi connectivity index (χ1v) is 12.3. The van der Waals surface area contributed by atoms with Crippen LogP contribution in [0.4, 0.5) is 0 Å². The molecule has 0 aliphatic heterocycles. The number of amides is 1. The minimum Gasteiger partial charge on any atom is -0.497 e. The molecule has 1 amide bonds. The summed E-state index contributed by atoms with van der Waals surface area (Å²) < 4.78 is 6.99. The average Bonchev–Trinajstić information content (AvgIpc) is 3.27. The highest BCUT2D eigenvalue weighted by Gasteiger charge is 2.21. The Kier molecular flexibility index (Phi) is 7.77. The second-order valence-corrected chi connectivity index (χ2v) is 9.15. The first-order chi connectivity index (χ1) is 16.9. The first-order valence-electron chi connectivity index (χ1n) is 11.3. The lowest BCUT2D eigenvalue weighted by molar-refractivity contribution is 0.0948. The lowest BCUT2D eigenvalue weighted by atomic mass is 10.1. The maximum Gasteiger partial charge on any atom is 0.273 e. The van der Waals surface area contributed by atoms with E-state index in [9.17, 15) is 4.79 Å². The molecule has 0 aliphatic rings. The summed E-state index contributed by atoms with van der Waals surface area (Å²) in [6.45, 7) is 6.38. The number of hydrogen-bond donors (Lipinski definition) is 1. The second kappa shape index (κ2) is 11.1. The highest BCUT2D eigenvalue weighted by Crippen LogP contribution is 2.24. The lowest BCUT2D eigenvalue weighted by Gasteiger charge is -2.09. The van der Waals surface area contributed by atoms with E-state index in [2.05, 4.69) is 25.6 Å². The summed E-state index contributed by atoms with van der Waals surface area (Å²) in [6.07, 6.45) is 0.676. The molecule has 0 atom stereocenters. The van der Waals surface area contributed by atoms with Crippen LogP contribution in [0.2, 0.25) is 0 Å². The van der Waals surface area contributed by atoms with Gasteiger partial charge in [-0.1, -0.05) is 46.8 Å². The zero-order valence-electron chi connectivity index (χ0n) is 20.3. The van der Waals surface area contributed by atoms with Crippen molar-refractivity contribution in [2.75, 3.05) is 13.7 Å². The third-order valence-electron chi connectivity index (χ3n) is 5.39. The Morgan fingerprint density at radius 2 is 1.77 bits per heavy atom. The van der Waals surface area contributed by atoms with E-state index in [-0.39, 0.29) is 5.91 Å². The Bertz CT molecular complexity index is 1300. The van der Waals surface area contributed by atoms with Gasteiger partial charge in [0.25, 0.3) is 5.91 Å². The number of ether oxygens (including phenoxy) is 1. The number of nitrogens with one attached hydrogen (secondary N) is 1. The average molecular weight is 489 g/mol.